The van der Waals surface area contributed by atoms with Gasteiger partial charge in [-0.25, -0.2) is 0 Å². The van der Waals surface area contributed by atoms with Crippen LogP contribution in [0.25, 0.3) is 0 Å². The number of aliphatic hydroxyl groups is 1. The van der Waals surface area contributed by atoms with E-state index in [1.165, 1.54) is 5.56 Å². The Hall–Kier alpha value is -1.10. The molecule has 0 saturated carbocycles. The van der Waals surface area contributed by atoms with Crippen LogP contribution in [0.2, 0.25) is 0 Å². The lowest BCUT2D eigenvalue weighted by Gasteiger charge is -2.28. The Labute approximate surface area is 128 Å². The number of hydrogen-bond donors (Lipinski definition) is 2. The molecule has 0 aliphatic carbocycles. The third-order valence-corrected chi connectivity index (χ3v) is 4.07. The summed E-state index contributed by atoms with van der Waals surface area (Å²) in [6, 6.07) is 6.16. The van der Waals surface area contributed by atoms with Gasteiger partial charge in [-0.3, -0.25) is 0 Å². The number of nitrogens with one attached hydrogen (secondary N) is 1. The maximum atomic E-state index is 10.6. The molecule has 1 aliphatic rings. The maximum absolute atomic E-state index is 10.6. The predicted molar refractivity (Wildman–Crippen MR) is 85.9 cm³/mol. The van der Waals surface area contributed by atoms with Crippen LogP contribution in [0.4, 0.5) is 0 Å². The summed E-state index contributed by atoms with van der Waals surface area (Å²) in [5.41, 5.74) is 2.18. The zero-order chi connectivity index (χ0) is 15.1. The van der Waals surface area contributed by atoms with Crippen molar-refractivity contribution in [1.82, 2.24) is 10.2 Å². The van der Waals surface area contributed by atoms with Crippen molar-refractivity contribution in [2.24, 2.45) is 0 Å². The van der Waals surface area contributed by atoms with Gasteiger partial charge >= 0.3 is 0 Å². The second-order valence-corrected chi connectivity index (χ2v) is 5.55. The smallest absolute Gasteiger partial charge is 0.125 e. The molecule has 1 unspecified atom stereocenters. The molecule has 4 heteroatoms. The number of nitrogens with zero attached hydrogens (tertiary/aromatic N) is 1. The lowest BCUT2D eigenvalue weighted by atomic mass is 10.0. The summed E-state index contributed by atoms with van der Waals surface area (Å²) in [6.45, 7) is 9.91. The summed E-state index contributed by atoms with van der Waals surface area (Å²) in [6.07, 6.45) is 1.28. The fourth-order valence-electron chi connectivity index (χ4n) is 2.76. The second-order valence-electron chi connectivity index (χ2n) is 5.55. The van der Waals surface area contributed by atoms with Crippen LogP contribution in [0.1, 0.15) is 37.5 Å². The molecule has 1 fully saturated rings. The average Bonchev–Trinajstić information content (AvgIpc) is 2.54. The Kier molecular flexibility index (Phi) is 6.49. The van der Waals surface area contributed by atoms with Crippen LogP contribution >= 0.6 is 0 Å². The fourth-order valence-corrected chi connectivity index (χ4v) is 2.76. The van der Waals surface area contributed by atoms with E-state index in [9.17, 15) is 5.11 Å². The highest BCUT2D eigenvalue weighted by Gasteiger charge is 2.17. The Balaban J connectivity index is 2.00. The molecule has 1 aromatic rings. The van der Waals surface area contributed by atoms with Gasteiger partial charge in [0, 0.05) is 38.3 Å². The number of aryl methyl sites for hydroxylation is 1. The van der Waals surface area contributed by atoms with Crippen LogP contribution in [-0.2, 0) is 6.42 Å². The number of aliphatic hydroxyl groups excluding tert-OH is 1. The Morgan fingerprint density at radius 3 is 2.71 bits per heavy atom. The molecular formula is C17H28N2O2. The first-order valence-electron chi connectivity index (χ1n) is 8.11. The molecule has 4 nitrogen and oxygen atoms in total. The minimum absolute atomic E-state index is 0.451. The number of hydrogen-bond acceptors (Lipinski definition) is 4. The van der Waals surface area contributed by atoms with Crippen LogP contribution in [0.15, 0.2) is 18.2 Å². The molecular weight excluding hydrogens is 264 g/mol. The molecule has 2 rings (SSSR count). The van der Waals surface area contributed by atoms with Crippen LogP contribution in [0.5, 0.6) is 5.75 Å². The molecule has 0 amide bonds. The lowest BCUT2D eigenvalue weighted by molar-refractivity contribution is 0.133. The van der Waals surface area contributed by atoms with Crippen molar-refractivity contribution in [1.29, 1.82) is 0 Å². The van der Waals surface area contributed by atoms with Gasteiger partial charge < -0.3 is 20.1 Å². The van der Waals surface area contributed by atoms with E-state index in [1.54, 1.807) is 0 Å². The van der Waals surface area contributed by atoms with E-state index in [0.29, 0.717) is 6.61 Å². The van der Waals surface area contributed by atoms with Gasteiger partial charge in [0.15, 0.2) is 0 Å². The Morgan fingerprint density at radius 2 is 2.05 bits per heavy atom. The SMILES string of the molecule is CCOc1ccc(CC)cc1C(O)CCN1CCNCC1. The molecule has 118 valence electrons. The van der Waals surface area contributed by atoms with Crippen LogP contribution in [-0.4, -0.2) is 49.3 Å². The minimum atomic E-state index is -0.451. The first kappa shape index (κ1) is 16.3. The van der Waals surface area contributed by atoms with E-state index >= 15 is 0 Å². The molecule has 1 aromatic carbocycles. The standard InChI is InChI=1S/C17H28N2O2/c1-3-14-5-6-17(21-4-2)15(13-14)16(20)7-10-19-11-8-18-9-12-19/h5-6,13,16,18,20H,3-4,7-12H2,1-2H3. The summed E-state index contributed by atoms with van der Waals surface area (Å²) in [5.74, 6) is 0.822. The summed E-state index contributed by atoms with van der Waals surface area (Å²) < 4.78 is 5.67. The number of ether oxygens (including phenoxy) is 1. The maximum Gasteiger partial charge on any atom is 0.125 e. The van der Waals surface area contributed by atoms with Gasteiger partial charge in [0.25, 0.3) is 0 Å². The van der Waals surface area contributed by atoms with Crippen LogP contribution in [0.3, 0.4) is 0 Å². The molecule has 1 aliphatic heterocycles. The molecule has 0 aromatic heterocycles. The van der Waals surface area contributed by atoms with Crippen molar-refractivity contribution in [3.8, 4) is 5.75 Å². The first-order valence-corrected chi connectivity index (χ1v) is 8.11. The zero-order valence-electron chi connectivity index (χ0n) is 13.3. The molecule has 21 heavy (non-hydrogen) atoms. The van der Waals surface area contributed by atoms with Crippen molar-refractivity contribution >= 4 is 0 Å². The summed E-state index contributed by atoms with van der Waals surface area (Å²) >= 11 is 0. The molecule has 0 radical (unpaired) electrons. The highest BCUT2D eigenvalue weighted by molar-refractivity contribution is 5.39. The average molecular weight is 292 g/mol. The zero-order valence-corrected chi connectivity index (χ0v) is 13.3. The number of piperazine rings is 1. The first-order chi connectivity index (χ1) is 10.2. The highest BCUT2D eigenvalue weighted by Crippen LogP contribution is 2.29. The summed E-state index contributed by atoms with van der Waals surface area (Å²) in [4.78, 5) is 2.41. The Bertz CT molecular complexity index is 431. The van der Waals surface area contributed by atoms with Crippen LogP contribution in [0, 0.1) is 0 Å². The van der Waals surface area contributed by atoms with Crippen molar-refractivity contribution < 1.29 is 9.84 Å². The van der Waals surface area contributed by atoms with E-state index in [-0.39, 0.29) is 0 Å². The molecule has 0 spiro atoms. The summed E-state index contributed by atoms with van der Waals surface area (Å²) in [7, 11) is 0. The lowest BCUT2D eigenvalue weighted by Crippen LogP contribution is -2.44. The normalized spacial score (nSPS) is 17.7. The number of rotatable bonds is 7. The van der Waals surface area contributed by atoms with Gasteiger partial charge in [0.1, 0.15) is 5.75 Å². The quantitative estimate of drug-likeness (QED) is 0.806. The third-order valence-electron chi connectivity index (χ3n) is 4.07. The largest absolute Gasteiger partial charge is 0.493 e. The summed E-state index contributed by atoms with van der Waals surface area (Å²) in [5, 5.41) is 13.9. The van der Waals surface area contributed by atoms with Gasteiger partial charge in [-0.15, -0.1) is 0 Å². The Morgan fingerprint density at radius 1 is 1.29 bits per heavy atom. The van der Waals surface area contributed by atoms with Crippen molar-refractivity contribution in [3.63, 3.8) is 0 Å². The minimum Gasteiger partial charge on any atom is -0.493 e. The van der Waals surface area contributed by atoms with Crippen molar-refractivity contribution in [2.75, 3.05) is 39.3 Å². The second kappa shape index (κ2) is 8.37. The fraction of sp³-hybridized carbons (Fsp3) is 0.647. The molecule has 1 atom stereocenters. The van der Waals surface area contributed by atoms with E-state index in [1.807, 2.05) is 13.0 Å². The van der Waals surface area contributed by atoms with Crippen molar-refractivity contribution in [3.05, 3.63) is 29.3 Å². The molecule has 2 N–H and O–H groups in total. The predicted octanol–water partition coefficient (Wildman–Crippen LogP) is 1.98. The van der Waals surface area contributed by atoms with E-state index < -0.39 is 6.10 Å². The van der Waals surface area contributed by atoms with Crippen molar-refractivity contribution in [2.45, 2.75) is 32.8 Å². The monoisotopic (exact) mass is 292 g/mol. The van der Waals surface area contributed by atoms with Gasteiger partial charge in [0.2, 0.25) is 0 Å². The highest BCUT2D eigenvalue weighted by atomic mass is 16.5. The van der Waals surface area contributed by atoms with E-state index in [0.717, 1.165) is 56.9 Å². The van der Waals surface area contributed by atoms with Gasteiger partial charge in [0.05, 0.1) is 12.7 Å². The molecule has 1 saturated heterocycles. The molecule has 0 bridgehead atoms. The topological polar surface area (TPSA) is 44.7 Å². The van der Waals surface area contributed by atoms with Crippen LogP contribution < -0.4 is 10.1 Å². The molecule has 1 heterocycles. The third kappa shape index (κ3) is 4.70. The van der Waals surface area contributed by atoms with Gasteiger partial charge in [-0.1, -0.05) is 13.0 Å². The number of benzene rings is 1. The van der Waals surface area contributed by atoms with Gasteiger partial charge in [-0.2, -0.15) is 0 Å². The van der Waals surface area contributed by atoms with E-state index in [2.05, 4.69) is 29.3 Å². The van der Waals surface area contributed by atoms with Gasteiger partial charge in [-0.05, 0) is 37.5 Å². The van der Waals surface area contributed by atoms with E-state index in [4.69, 9.17) is 4.74 Å².